The SMILES string of the molecule is Cn1cc(C[C@H](NC(=O)OC(C)(C)C)C(=O)NCc2ccccn2)c2ccccc21. The summed E-state index contributed by atoms with van der Waals surface area (Å²) < 4.78 is 7.38. The minimum atomic E-state index is -0.783. The molecule has 0 aliphatic heterocycles. The number of fused-ring (bicyclic) bond motifs is 1. The number of hydrogen-bond acceptors (Lipinski definition) is 4. The molecule has 0 saturated carbocycles. The van der Waals surface area contributed by atoms with Crippen LogP contribution in [-0.4, -0.2) is 33.2 Å². The number of benzene rings is 1. The van der Waals surface area contributed by atoms with Crippen LogP contribution in [0.25, 0.3) is 10.9 Å². The van der Waals surface area contributed by atoms with Gasteiger partial charge in [0.05, 0.1) is 12.2 Å². The second-order valence-electron chi connectivity index (χ2n) is 8.22. The van der Waals surface area contributed by atoms with E-state index in [1.807, 2.05) is 60.3 Å². The number of rotatable bonds is 6. The number of nitrogens with one attached hydrogen (secondary N) is 2. The van der Waals surface area contributed by atoms with E-state index < -0.39 is 17.7 Å². The number of carbonyl (C=O) groups is 2. The lowest BCUT2D eigenvalue weighted by Crippen LogP contribution is -2.49. The number of alkyl carbamates (subject to hydrolysis) is 1. The number of carbonyl (C=O) groups excluding carboxylic acids is 2. The van der Waals surface area contributed by atoms with Gasteiger partial charge in [0.15, 0.2) is 0 Å². The van der Waals surface area contributed by atoms with E-state index in [2.05, 4.69) is 15.6 Å². The summed E-state index contributed by atoms with van der Waals surface area (Å²) in [5.74, 6) is -0.292. The van der Waals surface area contributed by atoms with Crippen molar-refractivity contribution in [3.05, 3.63) is 66.1 Å². The molecule has 1 aromatic carbocycles. The lowest BCUT2D eigenvalue weighted by Gasteiger charge is -2.23. The normalized spacial score (nSPS) is 12.4. The Labute approximate surface area is 176 Å². The molecule has 158 valence electrons. The monoisotopic (exact) mass is 408 g/mol. The molecule has 0 radical (unpaired) electrons. The van der Waals surface area contributed by atoms with Crippen LogP contribution in [0.4, 0.5) is 4.79 Å². The molecular weight excluding hydrogens is 380 g/mol. The van der Waals surface area contributed by atoms with Crippen molar-refractivity contribution >= 4 is 22.9 Å². The summed E-state index contributed by atoms with van der Waals surface area (Å²) >= 11 is 0. The van der Waals surface area contributed by atoms with E-state index in [4.69, 9.17) is 4.74 Å². The maximum Gasteiger partial charge on any atom is 0.408 e. The predicted molar refractivity (Wildman–Crippen MR) is 116 cm³/mol. The molecule has 2 aromatic heterocycles. The predicted octanol–water partition coefficient (Wildman–Crippen LogP) is 3.33. The van der Waals surface area contributed by atoms with E-state index >= 15 is 0 Å². The molecule has 7 nitrogen and oxygen atoms in total. The molecule has 0 fully saturated rings. The lowest BCUT2D eigenvalue weighted by atomic mass is 10.0. The molecule has 3 rings (SSSR count). The maximum atomic E-state index is 12.9. The van der Waals surface area contributed by atoms with Gasteiger partial charge in [-0.2, -0.15) is 0 Å². The first-order valence-corrected chi connectivity index (χ1v) is 9.93. The number of hydrogen-bond donors (Lipinski definition) is 2. The molecule has 0 aliphatic rings. The van der Waals surface area contributed by atoms with Crippen LogP contribution in [-0.2, 0) is 29.5 Å². The van der Waals surface area contributed by atoms with E-state index in [-0.39, 0.29) is 12.5 Å². The Morgan fingerprint density at radius 3 is 2.57 bits per heavy atom. The van der Waals surface area contributed by atoms with Crippen molar-refractivity contribution in [2.45, 2.75) is 45.4 Å². The van der Waals surface area contributed by atoms with Gasteiger partial charge in [0.25, 0.3) is 0 Å². The van der Waals surface area contributed by atoms with Crippen LogP contribution in [0.5, 0.6) is 0 Å². The molecule has 2 N–H and O–H groups in total. The Morgan fingerprint density at radius 2 is 1.87 bits per heavy atom. The molecule has 0 spiro atoms. The highest BCUT2D eigenvalue weighted by molar-refractivity contribution is 5.88. The molecule has 0 aliphatic carbocycles. The number of para-hydroxylation sites is 1. The first kappa shape index (κ1) is 21.4. The fourth-order valence-corrected chi connectivity index (χ4v) is 3.27. The van der Waals surface area contributed by atoms with Crippen LogP contribution >= 0.6 is 0 Å². The molecule has 30 heavy (non-hydrogen) atoms. The number of ether oxygens (including phenoxy) is 1. The van der Waals surface area contributed by atoms with Crippen molar-refractivity contribution in [3.8, 4) is 0 Å². The van der Waals surface area contributed by atoms with Gasteiger partial charge < -0.3 is 19.9 Å². The summed E-state index contributed by atoms with van der Waals surface area (Å²) in [5, 5.41) is 6.64. The Balaban J connectivity index is 1.79. The van der Waals surface area contributed by atoms with Gasteiger partial charge in [-0.25, -0.2) is 4.79 Å². The van der Waals surface area contributed by atoms with Crippen molar-refractivity contribution in [2.24, 2.45) is 7.05 Å². The third-order valence-electron chi connectivity index (χ3n) is 4.58. The number of pyridine rings is 1. The lowest BCUT2D eigenvalue weighted by molar-refractivity contribution is -0.123. The molecule has 3 aromatic rings. The molecule has 2 amide bonds. The zero-order valence-electron chi connectivity index (χ0n) is 17.8. The van der Waals surface area contributed by atoms with Gasteiger partial charge in [0, 0.05) is 36.8 Å². The van der Waals surface area contributed by atoms with E-state index in [0.717, 1.165) is 22.2 Å². The maximum absolute atomic E-state index is 12.9. The topological polar surface area (TPSA) is 85.2 Å². The van der Waals surface area contributed by atoms with Crippen LogP contribution in [0.1, 0.15) is 32.0 Å². The van der Waals surface area contributed by atoms with Crippen molar-refractivity contribution in [1.29, 1.82) is 0 Å². The minimum absolute atomic E-state index is 0.279. The molecule has 0 bridgehead atoms. The fourth-order valence-electron chi connectivity index (χ4n) is 3.27. The highest BCUT2D eigenvalue weighted by Crippen LogP contribution is 2.22. The third-order valence-corrected chi connectivity index (χ3v) is 4.58. The molecule has 0 saturated heterocycles. The smallest absolute Gasteiger partial charge is 0.408 e. The van der Waals surface area contributed by atoms with Gasteiger partial charge in [-0.15, -0.1) is 0 Å². The minimum Gasteiger partial charge on any atom is -0.444 e. The number of aromatic nitrogens is 2. The Bertz CT molecular complexity index is 1020. The second-order valence-corrected chi connectivity index (χ2v) is 8.22. The Kier molecular flexibility index (Phi) is 6.40. The van der Waals surface area contributed by atoms with E-state index in [1.165, 1.54) is 0 Å². The number of amides is 2. The molecule has 2 heterocycles. The highest BCUT2D eigenvalue weighted by atomic mass is 16.6. The summed E-state index contributed by atoms with van der Waals surface area (Å²) in [7, 11) is 1.96. The van der Waals surface area contributed by atoms with Crippen molar-refractivity contribution in [2.75, 3.05) is 0 Å². The largest absolute Gasteiger partial charge is 0.444 e. The van der Waals surface area contributed by atoms with Crippen LogP contribution < -0.4 is 10.6 Å². The van der Waals surface area contributed by atoms with Crippen LogP contribution in [0.15, 0.2) is 54.9 Å². The molecular formula is C23H28N4O3. The third kappa shape index (κ3) is 5.59. The fraction of sp³-hybridized carbons (Fsp3) is 0.348. The summed E-state index contributed by atoms with van der Waals surface area (Å²) in [5.41, 5.74) is 2.13. The zero-order chi connectivity index (χ0) is 21.7. The summed E-state index contributed by atoms with van der Waals surface area (Å²) in [6.07, 6.45) is 3.38. The number of aryl methyl sites for hydroxylation is 1. The van der Waals surface area contributed by atoms with E-state index in [1.54, 1.807) is 27.0 Å². The van der Waals surface area contributed by atoms with Crippen molar-refractivity contribution < 1.29 is 14.3 Å². The Hall–Kier alpha value is -3.35. The van der Waals surface area contributed by atoms with Crippen molar-refractivity contribution in [1.82, 2.24) is 20.2 Å². The molecule has 1 atom stereocenters. The van der Waals surface area contributed by atoms with Crippen molar-refractivity contribution in [3.63, 3.8) is 0 Å². The second kappa shape index (κ2) is 8.98. The van der Waals surface area contributed by atoms with Gasteiger partial charge in [0.2, 0.25) is 5.91 Å². The first-order valence-electron chi connectivity index (χ1n) is 9.93. The van der Waals surface area contributed by atoms with Gasteiger partial charge in [-0.05, 0) is 44.5 Å². The summed E-state index contributed by atoms with van der Waals surface area (Å²) in [4.78, 5) is 29.5. The highest BCUT2D eigenvalue weighted by Gasteiger charge is 2.25. The first-order chi connectivity index (χ1) is 14.2. The van der Waals surface area contributed by atoms with Gasteiger partial charge in [-0.1, -0.05) is 24.3 Å². The molecule has 7 heteroatoms. The number of nitrogens with zero attached hydrogens (tertiary/aromatic N) is 2. The van der Waals surface area contributed by atoms with E-state index in [9.17, 15) is 9.59 Å². The van der Waals surface area contributed by atoms with Crippen LogP contribution in [0, 0.1) is 0 Å². The van der Waals surface area contributed by atoms with Gasteiger partial charge in [-0.3, -0.25) is 9.78 Å². The average molecular weight is 409 g/mol. The standard InChI is InChI=1S/C23H28N4O3/c1-23(2,3)30-22(29)26-19(21(28)25-14-17-9-7-8-12-24-17)13-16-15-27(4)20-11-6-5-10-18(16)20/h5-12,15,19H,13-14H2,1-4H3,(H,25,28)(H,26,29)/t19-/m0/s1. The van der Waals surface area contributed by atoms with Crippen LogP contribution in [0.3, 0.4) is 0 Å². The Morgan fingerprint density at radius 1 is 1.13 bits per heavy atom. The van der Waals surface area contributed by atoms with Gasteiger partial charge >= 0.3 is 6.09 Å². The van der Waals surface area contributed by atoms with Gasteiger partial charge in [0.1, 0.15) is 11.6 Å². The summed E-state index contributed by atoms with van der Waals surface area (Å²) in [6, 6.07) is 12.7. The molecule has 0 unspecified atom stereocenters. The van der Waals surface area contributed by atoms with E-state index in [0.29, 0.717) is 6.42 Å². The summed E-state index contributed by atoms with van der Waals surface area (Å²) in [6.45, 7) is 5.63. The average Bonchev–Trinajstić information content (AvgIpc) is 3.01. The van der Waals surface area contributed by atoms with Crippen LogP contribution in [0.2, 0.25) is 0 Å². The zero-order valence-corrected chi connectivity index (χ0v) is 17.8. The quantitative estimate of drug-likeness (QED) is 0.655.